The highest BCUT2D eigenvalue weighted by atomic mass is 15.1. The predicted molar refractivity (Wildman–Crippen MR) is 57.5 cm³/mol. The molecule has 0 atom stereocenters. The van der Waals surface area contributed by atoms with Crippen LogP contribution >= 0.6 is 0 Å². The summed E-state index contributed by atoms with van der Waals surface area (Å²) in [7, 11) is 0. The summed E-state index contributed by atoms with van der Waals surface area (Å²) in [6.45, 7) is 3.95. The van der Waals surface area contributed by atoms with Gasteiger partial charge in [0, 0.05) is 6.20 Å². The minimum Gasteiger partial charge on any atom is -0.397 e. The average molecular weight is 187 g/mol. The number of nitrogens with two attached hydrogens (primary N) is 1. The number of hydrogen-bond acceptors (Lipinski definition) is 2. The molecule has 1 aromatic carbocycles. The Bertz CT molecular complexity index is 457. The predicted octanol–water partition coefficient (Wildman–Crippen LogP) is 2.07. The molecule has 14 heavy (non-hydrogen) atoms. The fourth-order valence-electron chi connectivity index (χ4n) is 1.57. The van der Waals surface area contributed by atoms with Gasteiger partial charge in [-0.2, -0.15) is 0 Å². The van der Waals surface area contributed by atoms with Crippen LogP contribution in [0.2, 0.25) is 0 Å². The summed E-state index contributed by atoms with van der Waals surface area (Å²) in [5.41, 5.74) is 8.65. The van der Waals surface area contributed by atoms with Gasteiger partial charge in [-0.15, -0.1) is 0 Å². The molecule has 0 radical (unpaired) electrons. The Hall–Kier alpha value is -1.77. The summed E-state index contributed by atoms with van der Waals surface area (Å²) in [4.78, 5) is 4.34. The van der Waals surface area contributed by atoms with Crippen LogP contribution in [0.3, 0.4) is 0 Å². The Labute approximate surface area is 83.2 Å². The summed E-state index contributed by atoms with van der Waals surface area (Å²) in [6, 6.07) is 7.78. The highest BCUT2D eigenvalue weighted by Gasteiger charge is 2.04. The standard InChI is InChI=1S/C11H13N3/c1-8-7-14(9(2)13-8)11-6-4-3-5-10(11)12/h3-7H,12H2,1-2H3. The molecule has 2 N–H and O–H groups in total. The summed E-state index contributed by atoms with van der Waals surface area (Å²) in [6.07, 6.45) is 1.99. The molecule has 0 unspecified atom stereocenters. The lowest BCUT2D eigenvalue weighted by molar-refractivity contribution is 0.977. The molecule has 1 aromatic heterocycles. The fraction of sp³-hybridized carbons (Fsp3) is 0.182. The van der Waals surface area contributed by atoms with E-state index in [1.165, 1.54) is 0 Å². The summed E-state index contributed by atoms with van der Waals surface area (Å²) in [5.74, 6) is 0.959. The highest BCUT2D eigenvalue weighted by molar-refractivity contribution is 5.57. The van der Waals surface area contributed by atoms with E-state index in [1.54, 1.807) is 0 Å². The first-order valence-electron chi connectivity index (χ1n) is 4.56. The molecule has 3 heteroatoms. The Morgan fingerprint density at radius 2 is 1.93 bits per heavy atom. The average Bonchev–Trinajstić information content (AvgIpc) is 2.46. The van der Waals surface area contributed by atoms with Crippen molar-refractivity contribution in [3.05, 3.63) is 42.0 Å². The van der Waals surface area contributed by atoms with Gasteiger partial charge >= 0.3 is 0 Å². The van der Waals surface area contributed by atoms with Gasteiger partial charge in [-0.3, -0.25) is 0 Å². The molecule has 0 amide bonds. The van der Waals surface area contributed by atoms with Crippen LogP contribution in [0.25, 0.3) is 5.69 Å². The quantitative estimate of drug-likeness (QED) is 0.694. The van der Waals surface area contributed by atoms with E-state index < -0.39 is 0 Å². The van der Waals surface area contributed by atoms with Crippen LogP contribution in [0, 0.1) is 13.8 Å². The van der Waals surface area contributed by atoms with Gasteiger partial charge in [0.1, 0.15) is 5.82 Å². The second-order valence-electron chi connectivity index (χ2n) is 3.36. The van der Waals surface area contributed by atoms with Gasteiger partial charge < -0.3 is 10.3 Å². The summed E-state index contributed by atoms with van der Waals surface area (Å²) in [5, 5.41) is 0. The van der Waals surface area contributed by atoms with Gasteiger partial charge in [0.15, 0.2) is 0 Å². The number of aryl methyl sites for hydroxylation is 2. The molecule has 0 aliphatic rings. The number of anilines is 1. The monoisotopic (exact) mass is 187 g/mol. The van der Waals surface area contributed by atoms with E-state index in [0.717, 1.165) is 22.9 Å². The van der Waals surface area contributed by atoms with Crippen LogP contribution in [0.15, 0.2) is 30.5 Å². The second-order valence-corrected chi connectivity index (χ2v) is 3.36. The van der Waals surface area contributed by atoms with Crippen molar-refractivity contribution in [3.8, 4) is 5.69 Å². The summed E-state index contributed by atoms with van der Waals surface area (Å²) < 4.78 is 2.00. The zero-order valence-electron chi connectivity index (χ0n) is 8.36. The number of para-hydroxylation sites is 2. The van der Waals surface area contributed by atoms with Crippen molar-refractivity contribution in [2.45, 2.75) is 13.8 Å². The van der Waals surface area contributed by atoms with Gasteiger partial charge in [-0.05, 0) is 26.0 Å². The minimum atomic E-state index is 0.771. The number of nitrogens with zero attached hydrogens (tertiary/aromatic N) is 2. The van der Waals surface area contributed by atoms with E-state index in [9.17, 15) is 0 Å². The maximum Gasteiger partial charge on any atom is 0.110 e. The van der Waals surface area contributed by atoms with Crippen LogP contribution in [-0.2, 0) is 0 Å². The molecule has 0 spiro atoms. The number of rotatable bonds is 1. The first-order valence-corrected chi connectivity index (χ1v) is 4.56. The molecule has 0 saturated heterocycles. The van der Waals surface area contributed by atoms with Gasteiger partial charge in [0.05, 0.1) is 17.1 Å². The molecule has 0 aliphatic carbocycles. The van der Waals surface area contributed by atoms with Crippen molar-refractivity contribution in [1.29, 1.82) is 0 Å². The van der Waals surface area contributed by atoms with Crippen molar-refractivity contribution in [1.82, 2.24) is 9.55 Å². The van der Waals surface area contributed by atoms with E-state index in [0.29, 0.717) is 0 Å². The fourth-order valence-corrected chi connectivity index (χ4v) is 1.57. The SMILES string of the molecule is Cc1cn(-c2ccccc2N)c(C)n1. The third-order valence-electron chi connectivity index (χ3n) is 2.20. The molecule has 0 fully saturated rings. The van der Waals surface area contributed by atoms with Crippen LogP contribution < -0.4 is 5.73 Å². The van der Waals surface area contributed by atoms with Crippen LogP contribution in [0.5, 0.6) is 0 Å². The maximum atomic E-state index is 5.88. The van der Waals surface area contributed by atoms with Crippen molar-refractivity contribution < 1.29 is 0 Å². The molecular formula is C11H13N3. The lowest BCUT2D eigenvalue weighted by Crippen LogP contribution is -1.99. The number of nitrogen functional groups attached to an aromatic ring is 1. The zero-order valence-corrected chi connectivity index (χ0v) is 8.36. The Morgan fingerprint density at radius 1 is 1.21 bits per heavy atom. The number of imidazole rings is 1. The molecule has 72 valence electrons. The number of benzene rings is 1. The molecule has 3 nitrogen and oxygen atoms in total. The van der Waals surface area contributed by atoms with Crippen molar-refractivity contribution in [2.75, 3.05) is 5.73 Å². The molecule has 1 heterocycles. The zero-order chi connectivity index (χ0) is 10.1. The topological polar surface area (TPSA) is 43.8 Å². The molecule has 0 saturated carbocycles. The molecular weight excluding hydrogens is 174 g/mol. The molecule has 0 bridgehead atoms. The lowest BCUT2D eigenvalue weighted by atomic mass is 10.2. The van der Waals surface area contributed by atoms with Crippen LogP contribution in [0.4, 0.5) is 5.69 Å². The van der Waals surface area contributed by atoms with E-state index >= 15 is 0 Å². The Morgan fingerprint density at radius 3 is 2.50 bits per heavy atom. The third-order valence-corrected chi connectivity index (χ3v) is 2.20. The van der Waals surface area contributed by atoms with Crippen molar-refractivity contribution in [2.24, 2.45) is 0 Å². The number of hydrogen-bond donors (Lipinski definition) is 1. The van der Waals surface area contributed by atoms with E-state index in [1.807, 2.05) is 48.9 Å². The van der Waals surface area contributed by atoms with Crippen LogP contribution in [-0.4, -0.2) is 9.55 Å². The maximum absolute atomic E-state index is 5.88. The Balaban J connectivity index is 2.60. The van der Waals surface area contributed by atoms with Gasteiger partial charge in [0.25, 0.3) is 0 Å². The van der Waals surface area contributed by atoms with E-state index in [4.69, 9.17) is 5.73 Å². The summed E-state index contributed by atoms with van der Waals surface area (Å²) >= 11 is 0. The first-order chi connectivity index (χ1) is 6.68. The Kier molecular flexibility index (Phi) is 2.00. The highest BCUT2D eigenvalue weighted by Crippen LogP contribution is 2.18. The molecule has 2 aromatic rings. The first kappa shape index (κ1) is 8.81. The third kappa shape index (κ3) is 1.37. The minimum absolute atomic E-state index is 0.771. The van der Waals surface area contributed by atoms with Crippen molar-refractivity contribution >= 4 is 5.69 Å². The van der Waals surface area contributed by atoms with Gasteiger partial charge in [-0.25, -0.2) is 4.98 Å². The van der Waals surface area contributed by atoms with Crippen molar-refractivity contribution in [3.63, 3.8) is 0 Å². The largest absolute Gasteiger partial charge is 0.397 e. The molecule has 2 rings (SSSR count). The van der Waals surface area contributed by atoms with Gasteiger partial charge in [0.2, 0.25) is 0 Å². The van der Waals surface area contributed by atoms with Gasteiger partial charge in [-0.1, -0.05) is 12.1 Å². The van der Waals surface area contributed by atoms with E-state index in [-0.39, 0.29) is 0 Å². The molecule has 0 aliphatic heterocycles. The van der Waals surface area contributed by atoms with Crippen LogP contribution in [0.1, 0.15) is 11.5 Å². The lowest BCUT2D eigenvalue weighted by Gasteiger charge is -2.07. The number of aromatic nitrogens is 2. The van der Waals surface area contributed by atoms with E-state index in [2.05, 4.69) is 4.98 Å². The smallest absolute Gasteiger partial charge is 0.110 e. The normalized spacial score (nSPS) is 10.4. The second kappa shape index (κ2) is 3.18.